The predicted octanol–water partition coefficient (Wildman–Crippen LogP) is 6.09. The maximum atomic E-state index is 15.1. The number of anilines is 2. The van der Waals surface area contributed by atoms with E-state index in [0.29, 0.717) is 30.1 Å². The van der Waals surface area contributed by atoms with Crippen molar-refractivity contribution >= 4 is 42.4 Å². The monoisotopic (exact) mass is 747 g/mol. The summed E-state index contributed by atoms with van der Waals surface area (Å²) in [6.07, 6.45) is 1.26. The number of ether oxygens (including phenoxy) is 3. The van der Waals surface area contributed by atoms with Gasteiger partial charge in [-0.1, -0.05) is 67.7 Å². The number of likely N-dealkylation sites (tertiary alicyclic amines) is 1. The van der Waals surface area contributed by atoms with E-state index < -0.39 is 19.8 Å². The fraction of sp³-hybridized carbons (Fsp3) is 0.372. The molecular formula is C43H49N3O7Si. The zero-order valence-corrected chi connectivity index (χ0v) is 32.6. The second-order valence-corrected chi connectivity index (χ2v) is 19.9. The molecule has 4 aromatic carbocycles. The minimum Gasteiger partial charge on any atom is -0.497 e. The third-order valence-electron chi connectivity index (χ3n) is 11.9. The molecule has 2 fully saturated rings. The lowest BCUT2D eigenvalue weighted by Crippen LogP contribution is -2.52. The first-order valence-electron chi connectivity index (χ1n) is 18.7. The van der Waals surface area contributed by atoms with E-state index in [1.807, 2.05) is 65.6 Å². The zero-order chi connectivity index (χ0) is 38.2. The molecule has 0 saturated carbocycles. The number of para-hydroxylation sites is 1. The highest BCUT2D eigenvalue weighted by atomic mass is 28.3. The van der Waals surface area contributed by atoms with E-state index in [-0.39, 0.29) is 48.3 Å². The van der Waals surface area contributed by atoms with Crippen LogP contribution in [0.2, 0.25) is 18.6 Å². The summed E-state index contributed by atoms with van der Waals surface area (Å²) in [6.45, 7) is 7.59. The van der Waals surface area contributed by atoms with Crippen LogP contribution in [0.4, 0.5) is 11.4 Å². The SMILES string of the molecule is COc1ccc(C(=O)Nc2ccc(CN3C(=O)[C@]4(O[C@H](CC(=O)N5CCC[C@H]5CO)[C@@H]([Si](C)(C)c5ccc(OC)cc5)[C@@H]4C)c4ccccc43)cc2)cc1. The van der Waals surface area contributed by atoms with Crippen LogP contribution < -0.4 is 24.9 Å². The molecule has 3 amide bonds. The standard InChI is InChI=1S/C43H49N3O7Si/c1-28-40(54(4,5)35-22-20-34(52-3)21-23-35)38(25-39(48)45-24-8-9-32(45)27-47)53-43(28)36-10-6-7-11-37(36)46(42(43)50)26-29-12-16-31(17-13-29)44-41(49)30-14-18-33(51-2)19-15-30/h6-7,10-23,28,32,38,40,47H,8-9,24-27H2,1-5H3,(H,44,49)/t28-,32-,38+,40-,43+/m0/s1. The summed E-state index contributed by atoms with van der Waals surface area (Å²) in [7, 11) is 0.792. The number of nitrogens with zero attached hydrogens (tertiary/aromatic N) is 2. The molecule has 0 bridgehead atoms. The minimum atomic E-state index is -2.44. The fourth-order valence-corrected chi connectivity index (χ4v) is 13.1. The number of amides is 3. The van der Waals surface area contributed by atoms with Crippen molar-refractivity contribution in [1.29, 1.82) is 0 Å². The van der Waals surface area contributed by atoms with Gasteiger partial charge in [0.25, 0.3) is 11.8 Å². The van der Waals surface area contributed by atoms with Crippen LogP contribution in [0.25, 0.3) is 0 Å². The number of aliphatic hydroxyl groups excluding tert-OH is 1. The molecule has 1 spiro atoms. The van der Waals surface area contributed by atoms with Crippen LogP contribution in [0.3, 0.4) is 0 Å². The molecular weight excluding hydrogens is 699 g/mol. The van der Waals surface area contributed by atoms with Crippen LogP contribution in [-0.4, -0.2) is 75.3 Å². The lowest BCUT2D eigenvalue weighted by molar-refractivity contribution is -0.150. The molecule has 3 heterocycles. The summed E-state index contributed by atoms with van der Waals surface area (Å²) in [5, 5.41) is 14.2. The van der Waals surface area contributed by atoms with Crippen molar-refractivity contribution in [2.45, 2.75) is 69.1 Å². The van der Waals surface area contributed by atoms with Crippen LogP contribution in [-0.2, 0) is 26.5 Å². The largest absolute Gasteiger partial charge is 0.497 e. The maximum Gasteiger partial charge on any atom is 0.264 e. The summed E-state index contributed by atoms with van der Waals surface area (Å²) < 4.78 is 17.8. The Labute approximate surface area is 318 Å². The number of aliphatic hydroxyl groups is 1. The van der Waals surface area contributed by atoms with E-state index in [2.05, 4.69) is 37.5 Å². The smallest absolute Gasteiger partial charge is 0.264 e. The molecule has 0 aliphatic carbocycles. The molecule has 282 valence electrons. The van der Waals surface area contributed by atoms with Gasteiger partial charge in [-0.15, -0.1) is 0 Å². The van der Waals surface area contributed by atoms with Crippen molar-refractivity contribution in [2.24, 2.45) is 5.92 Å². The number of carbonyl (C=O) groups is 3. The van der Waals surface area contributed by atoms with Crippen LogP contribution >= 0.6 is 0 Å². The molecule has 0 radical (unpaired) electrons. The van der Waals surface area contributed by atoms with Crippen molar-refractivity contribution in [3.63, 3.8) is 0 Å². The Morgan fingerprint density at radius 3 is 2.22 bits per heavy atom. The third kappa shape index (κ3) is 6.58. The van der Waals surface area contributed by atoms with Crippen molar-refractivity contribution < 1.29 is 33.7 Å². The van der Waals surface area contributed by atoms with Crippen LogP contribution in [0.15, 0.2) is 97.1 Å². The van der Waals surface area contributed by atoms with E-state index in [4.69, 9.17) is 14.2 Å². The Morgan fingerprint density at radius 1 is 0.926 bits per heavy atom. The first-order chi connectivity index (χ1) is 26.0. The number of fused-ring (bicyclic) bond motifs is 2. The van der Waals surface area contributed by atoms with Gasteiger partial charge < -0.3 is 34.4 Å². The molecule has 3 aliphatic rings. The summed E-state index contributed by atoms with van der Waals surface area (Å²) >= 11 is 0. The van der Waals surface area contributed by atoms with Gasteiger partial charge in [-0.2, -0.15) is 0 Å². The van der Waals surface area contributed by atoms with E-state index in [1.165, 1.54) is 5.19 Å². The Balaban J connectivity index is 1.18. The average molecular weight is 748 g/mol. The molecule has 7 rings (SSSR count). The molecule has 0 aromatic heterocycles. The highest BCUT2D eigenvalue weighted by molar-refractivity contribution is 6.91. The number of hydrogen-bond acceptors (Lipinski definition) is 7. The molecule has 5 atom stereocenters. The van der Waals surface area contributed by atoms with Crippen molar-refractivity contribution in [1.82, 2.24) is 4.90 Å². The zero-order valence-electron chi connectivity index (χ0n) is 31.6. The number of benzene rings is 4. The quantitative estimate of drug-likeness (QED) is 0.178. The summed E-state index contributed by atoms with van der Waals surface area (Å²) in [5.41, 5.74) is 2.29. The van der Waals surface area contributed by atoms with Crippen LogP contribution in [0.5, 0.6) is 11.5 Å². The van der Waals surface area contributed by atoms with Gasteiger partial charge in [0.1, 0.15) is 11.5 Å². The number of rotatable bonds is 11. The van der Waals surface area contributed by atoms with Crippen molar-refractivity contribution in [3.8, 4) is 11.5 Å². The minimum absolute atomic E-state index is 0.0416. The highest BCUT2D eigenvalue weighted by Crippen LogP contribution is 2.60. The number of methoxy groups -OCH3 is 2. The van der Waals surface area contributed by atoms with Gasteiger partial charge in [-0.25, -0.2) is 0 Å². The van der Waals surface area contributed by atoms with Crippen LogP contribution in [0.1, 0.15) is 47.7 Å². The highest BCUT2D eigenvalue weighted by Gasteiger charge is 2.66. The molecule has 11 heteroatoms. The van der Waals surface area contributed by atoms with E-state index in [1.54, 1.807) is 43.4 Å². The first kappa shape index (κ1) is 37.3. The van der Waals surface area contributed by atoms with Gasteiger partial charge in [0, 0.05) is 29.3 Å². The molecule has 10 nitrogen and oxygen atoms in total. The molecule has 2 saturated heterocycles. The van der Waals surface area contributed by atoms with Gasteiger partial charge in [0.2, 0.25) is 5.91 Å². The molecule has 54 heavy (non-hydrogen) atoms. The van der Waals surface area contributed by atoms with Crippen molar-refractivity contribution in [3.05, 3.63) is 114 Å². The number of carbonyl (C=O) groups excluding carboxylic acids is 3. The van der Waals surface area contributed by atoms with Gasteiger partial charge in [-0.3, -0.25) is 14.4 Å². The van der Waals surface area contributed by atoms with Crippen molar-refractivity contribution in [2.75, 3.05) is 37.6 Å². The first-order valence-corrected chi connectivity index (χ1v) is 21.8. The summed E-state index contributed by atoms with van der Waals surface area (Å²) in [4.78, 5) is 45.6. The molecule has 2 N–H and O–H groups in total. The Bertz CT molecular complexity index is 2000. The molecule has 0 unspecified atom stereocenters. The number of nitrogens with one attached hydrogen (secondary N) is 1. The number of hydrogen-bond donors (Lipinski definition) is 2. The topological polar surface area (TPSA) is 118 Å². The predicted molar refractivity (Wildman–Crippen MR) is 211 cm³/mol. The van der Waals surface area contributed by atoms with Crippen LogP contribution in [0, 0.1) is 5.92 Å². The fourth-order valence-electron chi connectivity index (χ4n) is 9.09. The third-order valence-corrected chi connectivity index (χ3v) is 16.3. The Kier molecular flexibility index (Phi) is 10.4. The Hall–Kier alpha value is -4.97. The van der Waals surface area contributed by atoms with Gasteiger partial charge in [0.15, 0.2) is 5.60 Å². The van der Waals surface area contributed by atoms with E-state index in [0.717, 1.165) is 35.4 Å². The second kappa shape index (κ2) is 15.0. The van der Waals surface area contributed by atoms with Gasteiger partial charge >= 0.3 is 0 Å². The summed E-state index contributed by atoms with van der Waals surface area (Å²) in [6, 6.07) is 30.3. The van der Waals surface area contributed by atoms with E-state index >= 15 is 4.79 Å². The lowest BCUT2D eigenvalue weighted by atomic mass is 9.82. The molecule has 4 aromatic rings. The average Bonchev–Trinajstić information content (AvgIpc) is 3.86. The van der Waals surface area contributed by atoms with E-state index in [9.17, 15) is 14.7 Å². The van der Waals surface area contributed by atoms with Gasteiger partial charge in [0.05, 0.1) is 59.7 Å². The lowest BCUT2D eigenvalue weighted by Gasteiger charge is -2.37. The second-order valence-electron chi connectivity index (χ2n) is 15.2. The molecule has 3 aliphatic heterocycles. The Morgan fingerprint density at radius 2 is 1.57 bits per heavy atom. The maximum absolute atomic E-state index is 15.1. The normalized spacial score (nSPS) is 23.5. The van der Waals surface area contributed by atoms with Gasteiger partial charge in [-0.05, 0) is 78.5 Å². The summed E-state index contributed by atoms with van der Waals surface area (Å²) in [5.74, 6) is 0.787.